The number of Topliss-reactive ketones (excluding diaryl/α,β-unsaturated/α-hetero) is 1. The lowest BCUT2D eigenvalue weighted by atomic mass is 9.77. The van der Waals surface area contributed by atoms with E-state index in [0.717, 1.165) is 42.4 Å². The topological polar surface area (TPSA) is 156 Å². The molecule has 3 aliphatic rings. The van der Waals surface area contributed by atoms with Crippen LogP contribution in [-0.4, -0.2) is 69.8 Å². The number of ketones is 1. The Kier molecular flexibility index (Phi) is 10.9. The average molecular weight is 671 g/mol. The molecule has 11 nitrogen and oxygen atoms in total. The van der Waals surface area contributed by atoms with E-state index in [1.165, 1.54) is 4.31 Å². The van der Waals surface area contributed by atoms with Gasteiger partial charge in [0.15, 0.2) is 12.5 Å². The molecule has 2 heterocycles. The molecule has 2 aliphatic heterocycles. The number of anilines is 1. The van der Waals surface area contributed by atoms with E-state index in [-0.39, 0.29) is 28.9 Å². The largest absolute Gasteiger partial charge is 0.379 e. The van der Waals surface area contributed by atoms with Crippen molar-refractivity contribution < 1.29 is 22.7 Å². The highest BCUT2D eigenvalue weighted by atomic mass is 32.2. The molecule has 3 N–H and O–H groups in total. The quantitative estimate of drug-likeness (QED) is 0.274. The van der Waals surface area contributed by atoms with Crippen LogP contribution in [-0.2, 0) is 30.8 Å². The van der Waals surface area contributed by atoms with Crippen LogP contribution < -0.4 is 11.1 Å². The van der Waals surface area contributed by atoms with Gasteiger partial charge in [-0.2, -0.15) is 9.42 Å². The third-order valence-electron chi connectivity index (χ3n) is 9.54. The molecular weight excluding hydrogens is 628 g/mol. The Hall–Kier alpha value is -4.10. The van der Waals surface area contributed by atoms with Crippen LogP contribution in [0.25, 0.3) is 11.1 Å². The maximum Gasteiger partial charge on any atom is 0.243 e. The summed E-state index contributed by atoms with van der Waals surface area (Å²) >= 11 is 0. The van der Waals surface area contributed by atoms with E-state index >= 15 is 0 Å². The Balaban J connectivity index is 1.19. The first-order chi connectivity index (χ1) is 23.3. The van der Waals surface area contributed by atoms with E-state index in [1.807, 2.05) is 48.5 Å². The van der Waals surface area contributed by atoms with E-state index in [9.17, 15) is 18.0 Å². The van der Waals surface area contributed by atoms with Crippen molar-refractivity contribution in [2.24, 2.45) is 38.7 Å². The number of azo groups is 1. The molecule has 0 spiro atoms. The first-order valence-electron chi connectivity index (χ1n) is 16.6. The second-order valence-corrected chi connectivity index (χ2v) is 14.6. The lowest BCUT2D eigenvalue weighted by Crippen LogP contribution is -2.40. The average Bonchev–Trinajstić information content (AvgIpc) is 3.68. The number of nitrogens with two attached hydrogens (primary N) is 1. The Morgan fingerprint density at radius 1 is 0.917 bits per heavy atom. The summed E-state index contributed by atoms with van der Waals surface area (Å²) in [5.74, 6) is 0.263. The van der Waals surface area contributed by atoms with E-state index in [4.69, 9.17) is 10.5 Å². The minimum atomic E-state index is -3.71. The van der Waals surface area contributed by atoms with Crippen LogP contribution in [0.4, 0.5) is 5.69 Å². The van der Waals surface area contributed by atoms with Gasteiger partial charge in [0.05, 0.1) is 18.1 Å². The van der Waals surface area contributed by atoms with E-state index in [0.29, 0.717) is 68.9 Å². The maximum absolute atomic E-state index is 13.8. The van der Waals surface area contributed by atoms with E-state index < -0.39 is 15.9 Å². The number of aliphatic imine (C=N–C) groups is 1. The highest BCUT2D eigenvalue weighted by Gasteiger charge is 2.31. The molecule has 0 radical (unpaired) electrons. The Morgan fingerprint density at radius 2 is 1.60 bits per heavy atom. The second-order valence-electron chi connectivity index (χ2n) is 12.7. The highest BCUT2D eigenvalue weighted by molar-refractivity contribution is 7.89. The molecule has 0 unspecified atom stereocenters. The lowest BCUT2D eigenvalue weighted by molar-refractivity contribution is -0.129. The van der Waals surface area contributed by atoms with E-state index in [2.05, 4.69) is 20.5 Å². The van der Waals surface area contributed by atoms with Crippen molar-refractivity contribution >= 4 is 33.2 Å². The zero-order chi connectivity index (χ0) is 33.5. The van der Waals surface area contributed by atoms with Gasteiger partial charge in [-0.3, -0.25) is 9.59 Å². The van der Waals surface area contributed by atoms with Gasteiger partial charge in [0, 0.05) is 48.2 Å². The summed E-state index contributed by atoms with van der Waals surface area (Å²) < 4.78 is 33.9. The molecular formula is C36H42N6O5S. The molecule has 0 aromatic heterocycles. The standard InChI is InChI=1S/C36H42N6O5S/c37-23-26-7-11-28(12-8-26)33(43)22-30(36(44)40-31-15-13-29(14-16-31)35-38-24-39-41-35)21-25-5-9-27(10-6-25)32-3-1-2-4-34(32)48(45,46)42-17-19-47-20-18-42/h1-6,9-10,13-16,26,28,30H,7-8,11-12,17-24,37H2,(H,40,44)/t26?,28?,30-/m1/s1. The summed E-state index contributed by atoms with van der Waals surface area (Å²) in [6.07, 6.45) is 3.98. The Labute approximate surface area is 281 Å². The number of hydrogen-bond acceptors (Lipinski definition) is 9. The summed E-state index contributed by atoms with van der Waals surface area (Å²) in [4.78, 5) is 31.8. The molecule has 1 saturated heterocycles. The van der Waals surface area contributed by atoms with Crippen molar-refractivity contribution in [3.05, 3.63) is 83.9 Å². The van der Waals surface area contributed by atoms with Crippen molar-refractivity contribution in [1.29, 1.82) is 0 Å². The lowest BCUT2D eigenvalue weighted by Gasteiger charge is -2.28. The molecule has 3 aromatic rings. The predicted molar refractivity (Wildman–Crippen MR) is 184 cm³/mol. The number of benzene rings is 3. The smallest absolute Gasteiger partial charge is 0.243 e. The first kappa shape index (κ1) is 33.8. The zero-order valence-electron chi connectivity index (χ0n) is 27.0. The van der Waals surface area contributed by atoms with Crippen molar-refractivity contribution in [2.45, 2.75) is 43.4 Å². The number of carbonyl (C=O) groups is 2. The minimum absolute atomic E-state index is 0.0592. The summed E-state index contributed by atoms with van der Waals surface area (Å²) in [5, 5.41) is 10.9. The Morgan fingerprint density at radius 3 is 2.27 bits per heavy atom. The monoisotopic (exact) mass is 670 g/mol. The van der Waals surface area contributed by atoms with Crippen LogP contribution in [0.1, 0.15) is 43.2 Å². The fourth-order valence-corrected chi connectivity index (χ4v) is 8.30. The van der Waals surface area contributed by atoms with Crippen LogP contribution in [0.3, 0.4) is 0 Å². The van der Waals surface area contributed by atoms with Gasteiger partial charge in [-0.25, -0.2) is 13.4 Å². The molecule has 48 heavy (non-hydrogen) atoms. The molecule has 12 heteroatoms. The number of amidine groups is 1. The predicted octanol–water partition coefficient (Wildman–Crippen LogP) is 5.07. The van der Waals surface area contributed by atoms with Gasteiger partial charge >= 0.3 is 0 Å². The molecule has 252 valence electrons. The van der Waals surface area contributed by atoms with Gasteiger partial charge < -0.3 is 15.8 Å². The van der Waals surface area contributed by atoms with Crippen molar-refractivity contribution in [1.82, 2.24) is 4.31 Å². The van der Waals surface area contributed by atoms with E-state index in [1.54, 1.807) is 24.3 Å². The van der Waals surface area contributed by atoms with Gasteiger partial charge in [0.25, 0.3) is 0 Å². The fraction of sp³-hybridized carbons (Fsp3) is 0.417. The number of rotatable bonds is 12. The number of ether oxygens (including phenoxy) is 1. The number of hydrogen-bond donors (Lipinski definition) is 2. The van der Waals surface area contributed by atoms with Crippen LogP contribution in [0.15, 0.2) is 92.9 Å². The number of amides is 1. The summed E-state index contributed by atoms with van der Waals surface area (Å²) in [5.41, 5.74) is 9.55. The van der Waals surface area contributed by atoms with Gasteiger partial charge in [0.1, 0.15) is 5.78 Å². The first-order valence-corrected chi connectivity index (χ1v) is 18.1. The van der Waals surface area contributed by atoms with Crippen LogP contribution in [0.5, 0.6) is 0 Å². The third-order valence-corrected chi connectivity index (χ3v) is 11.5. The van der Waals surface area contributed by atoms with Gasteiger partial charge in [-0.15, -0.1) is 5.11 Å². The van der Waals surface area contributed by atoms with Crippen molar-refractivity contribution in [2.75, 3.05) is 44.8 Å². The van der Waals surface area contributed by atoms with Crippen LogP contribution in [0, 0.1) is 17.8 Å². The van der Waals surface area contributed by atoms with Gasteiger partial charge in [0.2, 0.25) is 15.9 Å². The van der Waals surface area contributed by atoms with Crippen LogP contribution in [0.2, 0.25) is 0 Å². The summed E-state index contributed by atoms with van der Waals surface area (Å²) in [6, 6.07) is 21.9. The molecule has 1 atom stereocenters. The number of nitrogens with zero attached hydrogens (tertiary/aromatic N) is 4. The highest BCUT2D eigenvalue weighted by Crippen LogP contribution is 2.33. The number of carbonyl (C=O) groups excluding carboxylic acids is 2. The molecule has 0 bridgehead atoms. The number of morpholine rings is 1. The molecule has 2 fully saturated rings. The number of nitrogens with one attached hydrogen (secondary N) is 1. The van der Waals surface area contributed by atoms with Crippen molar-refractivity contribution in [3.63, 3.8) is 0 Å². The number of sulfonamides is 1. The third kappa shape index (κ3) is 7.95. The molecule has 6 rings (SSSR count). The molecule has 1 amide bonds. The van der Waals surface area contributed by atoms with Gasteiger partial charge in [-0.05, 0) is 86.0 Å². The maximum atomic E-state index is 13.8. The summed E-state index contributed by atoms with van der Waals surface area (Å²) in [7, 11) is -3.71. The fourth-order valence-electron chi connectivity index (χ4n) is 6.67. The zero-order valence-corrected chi connectivity index (χ0v) is 27.8. The molecule has 1 saturated carbocycles. The normalized spacial score (nSPS) is 20.6. The molecule has 3 aromatic carbocycles. The van der Waals surface area contributed by atoms with Crippen molar-refractivity contribution in [3.8, 4) is 11.1 Å². The summed E-state index contributed by atoms with van der Waals surface area (Å²) in [6.45, 7) is 2.33. The second kappa shape index (κ2) is 15.4. The van der Waals surface area contributed by atoms with Crippen LogP contribution >= 0.6 is 0 Å². The molecule has 1 aliphatic carbocycles. The minimum Gasteiger partial charge on any atom is -0.379 e. The van der Waals surface area contributed by atoms with Gasteiger partial charge in [-0.1, -0.05) is 42.5 Å². The Bertz CT molecular complexity index is 1760. The SMILES string of the molecule is NCC1CCC(C(=O)C[C@@H](Cc2ccc(-c3ccccc3S(=O)(=O)N3CCOCC3)cc2)C(=O)Nc2ccc(C3=NCN=N3)cc2)CC1.